The van der Waals surface area contributed by atoms with Gasteiger partial charge in [0.2, 0.25) is 0 Å². The van der Waals surface area contributed by atoms with E-state index in [0.717, 1.165) is 0 Å². The van der Waals surface area contributed by atoms with Crippen molar-refractivity contribution < 1.29 is 33.0 Å². The van der Waals surface area contributed by atoms with Crippen LogP contribution < -0.4 is 20.1 Å². The molecule has 3 rings (SSSR count). The molecule has 2 aromatic rings. The van der Waals surface area contributed by atoms with Crippen LogP contribution in [0.3, 0.4) is 0 Å². The van der Waals surface area contributed by atoms with E-state index < -0.39 is 24.5 Å². The molecular weight excluding hydrogens is 368 g/mol. The van der Waals surface area contributed by atoms with Crippen molar-refractivity contribution >= 4 is 24.0 Å². The van der Waals surface area contributed by atoms with Crippen LogP contribution in [-0.4, -0.2) is 37.7 Å². The van der Waals surface area contributed by atoms with E-state index in [0.29, 0.717) is 36.0 Å². The fourth-order valence-electron chi connectivity index (χ4n) is 2.30. The molecule has 1 aliphatic heterocycles. The van der Waals surface area contributed by atoms with E-state index in [2.05, 4.69) is 5.32 Å². The SMILES string of the molecule is O=C(COC(=O)/C=C/c1ccc2c(c1)OCCO2)NC(=O)NCc1ccco1. The van der Waals surface area contributed by atoms with Crippen LogP contribution in [0.5, 0.6) is 11.5 Å². The molecule has 2 heterocycles. The third kappa shape index (κ3) is 5.63. The van der Waals surface area contributed by atoms with Crippen LogP contribution in [-0.2, 0) is 20.9 Å². The monoisotopic (exact) mass is 386 g/mol. The number of esters is 1. The fraction of sp³-hybridized carbons (Fsp3) is 0.211. The first-order chi connectivity index (χ1) is 13.6. The first kappa shape index (κ1) is 19.0. The number of nitrogens with one attached hydrogen (secondary N) is 2. The minimum atomic E-state index is -0.752. The second-order valence-corrected chi connectivity index (χ2v) is 5.65. The molecule has 0 saturated heterocycles. The highest BCUT2D eigenvalue weighted by Crippen LogP contribution is 2.31. The highest BCUT2D eigenvalue weighted by atomic mass is 16.6. The summed E-state index contributed by atoms with van der Waals surface area (Å²) in [5.74, 6) is 0.312. The Labute approximate surface area is 160 Å². The zero-order chi connectivity index (χ0) is 19.8. The van der Waals surface area contributed by atoms with Gasteiger partial charge in [0.15, 0.2) is 18.1 Å². The minimum absolute atomic E-state index is 0.129. The summed E-state index contributed by atoms with van der Waals surface area (Å²) in [6, 6.07) is 7.87. The largest absolute Gasteiger partial charge is 0.486 e. The number of rotatable bonds is 6. The van der Waals surface area contributed by atoms with Gasteiger partial charge >= 0.3 is 12.0 Å². The minimum Gasteiger partial charge on any atom is -0.486 e. The van der Waals surface area contributed by atoms with Gasteiger partial charge in [-0.1, -0.05) is 6.07 Å². The summed E-state index contributed by atoms with van der Waals surface area (Å²) >= 11 is 0. The highest BCUT2D eigenvalue weighted by Gasteiger charge is 2.12. The maximum Gasteiger partial charge on any atom is 0.331 e. The van der Waals surface area contributed by atoms with Gasteiger partial charge in [-0.3, -0.25) is 10.1 Å². The number of carbonyl (C=O) groups excluding carboxylic acids is 3. The maximum absolute atomic E-state index is 11.7. The quantitative estimate of drug-likeness (QED) is 0.573. The molecule has 146 valence electrons. The summed E-state index contributed by atoms with van der Waals surface area (Å²) in [7, 11) is 0. The number of hydrogen-bond donors (Lipinski definition) is 2. The molecule has 9 heteroatoms. The predicted octanol–water partition coefficient (Wildman–Crippen LogP) is 1.63. The average Bonchev–Trinajstić information content (AvgIpc) is 3.22. The topological polar surface area (TPSA) is 116 Å². The summed E-state index contributed by atoms with van der Waals surface area (Å²) < 4.78 is 20.7. The third-order valence-electron chi connectivity index (χ3n) is 3.58. The lowest BCUT2D eigenvalue weighted by molar-refractivity contribution is -0.143. The molecule has 0 aliphatic carbocycles. The number of imide groups is 1. The number of amides is 3. The maximum atomic E-state index is 11.7. The summed E-state index contributed by atoms with van der Waals surface area (Å²) in [6.45, 7) is 0.506. The lowest BCUT2D eigenvalue weighted by Crippen LogP contribution is -2.41. The van der Waals surface area contributed by atoms with E-state index in [4.69, 9.17) is 18.6 Å². The molecule has 0 bridgehead atoms. The molecule has 0 fully saturated rings. The second kappa shape index (κ2) is 9.26. The van der Waals surface area contributed by atoms with Crippen molar-refractivity contribution in [3.05, 3.63) is 54.0 Å². The normalized spacial score (nSPS) is 12.4. The summed E-state index contributed by atoms with van der Waals surface area (Å²) in [5.41, 5.74) is 0.711. The molecule has 1 aromatic carbocycles. The van der Waals surface area contributed by atoms with E-state index in [1.165, 1.54) is 18.4 Å². The van der Waals surface area contributed by atoms with Crippen LogP contribution in [0.25, 0.3) is 6.08 Å². The Hall–Kier alpha value is -3.75. The Kier molecular flexibility index (Phi) is 6.29. The van der Waals surface area contributed by atoms with Crippen LogP contribution in [0.15, 0.2) is 47.1 Å². The van der Waals surface area contributed by atoms with Crippen molar-refractivity contribution in [1.82, 2.24) is 10.6 Å². The van der Waals surface area contributed by atoms with Gasteiger partial charge in [-0.05, 0) is 35.9 Å². The Balaban J connectivity index is 1.39. The molecule has 0 spiro atoms. The number of carbonyl (C=O) groups is 3. The van der Waals surface area contributed by atoms with E-state index in [-0.39, 0.29) is 6.54 Å². The zero-order valence-corrected chi connectivity index (χ0v) is 14.8. The Morgan fingerprint density at radius 2 is 1.93 bits per heavy atom. The van der Waals surface area contributed by atoms with Crippen molar-refractivity contribution in [1.29, 1.82) is 0 Å². The van der Waals surface area contributed by atoms with Gasteiger partial charge in [0.1, 0.15) is 19.0 Å². The fourth-order valence-corrected chi connectivity index (χ4v) is 2.30. The van der Waals surface area contributed by atoms with Crippen molar-refractivity contribution in [3.63, 3.8) is 0 Å². The Morgan fingerprint density at radius 3 is 2.71 bits per heavy atom. The van der Waals surface area contributed by atoms with Crippen molar-refractivity contribution in [3.8, 4) is 11.5 Å². The number of ether oxygens (including phenoxy) is 3. The number of benzene rings is 1. The highest BCUT2D eigenvalue weighted by molar-refractivity contribution is 5.96. The van der Waals surface area contributed by atoms with Crippen molar-refractivity contribution in [2.75, 3.05) is 19.8 Å². The van der Waals surface area contributed by atoms with Crippen LogP contribution >= 0.6 is 0 Å². The summed E-state index contributed by atoms with van der Waals surface area (Å²) in [4.78, 5) is 34.9. The number of furan rings is 1. The molecule has 0 radical (unpaired) electrons. The third-order valence-corrected chi connectivity index (χ3v) is 3.58. The van der Waals surface area contributed by atoms with Crippen LogP contribution in [0.2, 0.25) is 0 Å². The molecule has 0 atom stereocenters. The Bertz CT molecular complexity index is 874. The lowest BCUT2D eigenvalue weighted by atomic mass is 10.2. The molecule has 0 saturated carbocycles. The van der Waals surface area contributed by atoms with Gasteiger partial charge in [-0.15, -0.1) is 0 Å². The lowest BCUT2D eigenvalue weighted by Gasteiger charge is -2.18. The zero-order valence-electron chi connectivity index (χ0n) is 14.8. The number of urea groups is 1. The second-order valence-electron chi connectivity index (χ2n) is 5.65. The van der Waals surface area contributed by atoms with E-state index in [1.54, 1.807) is 30.3 Å². The standard InChI is InChI=1S/C19H18N2O7/c22-17(21-19(24)20-11-14-2-1-7-25-14)12-28-18(23)6-4-13-3-5-15-16(10-13)27-9-8-26-15/h1-7,10H,8-9,11-12H2,(H2,20,21,22,24)/b6-4+. The van der Waals surface area contributed by atoms with Gasteiger partial charge in [0.25, 0.3) is 5.91 Å². The molecule has 3 amide bonds. The van der Waals surface area contributed by atoms with Gasteiger partial charge < -0.3 is 23.9 Å². The smallest absolute Gasteiger partial charge is 0.331 e. The summed E-state index contributed by atoms with van der Waals surface area (Å²) in [5, 5.41) is 4.48. The van der Waals surface area contributed by atoms with Gasteiger partial charge in [-0.2, -0.15) is 0 Å². The van der Waals surface area contributed by atoms with Crippen LogP contribution in [0, 0.1) is 0 Å². The molecule has 0 unspecified atom stereocenters. The van der Waals surface area contributed by atoms with E-state index >= 15 is 0 Å². The van der Waals surface area contributed by atoms with Crippen LogP contribution in [0.4, 0.5) is 4.79 Å². The van der Waals surface area contributed by atoms with Crippen LogP contribution in [0.1, 0.15) is 11.3 Å². The predicted molar refractivity (Wildman–Crippen MR) is 96.5 cm³/mol. The van der Waals surface area contributed by atoms with E-state index in [9.17, 15) is 14.4 Å². The average molecular weight is 386 g/mol. The molecule has 28 heavy (non-hydrogen) atoms. The molecule has 9 nitrogen and oxygen atoms in total. The van der Waals surface area contributed by atoms with E-state index in [1.807, 2.05) is 5.32 Å². The van der Waals surface area contributed by atoms with Crippen molar-refractivity contribution in [2.45, 2.75) is 6.54 Å². The first-order valence-electron chi connectivity index (χ1n) is 8.45. The van der Waals surface area contributed by atoms with Gasteiger partial charge in [-0.25, -0.2) is 9.59 Å². The van der Waals surface area contributed by atoms with Crippen molar-refractivity contribution in [2.24, 2.45) is 0 Å². The molecule has 1 aromatic heterocycles. The molecule has 1 aliphatic rings. The Morgan fingerprint density at radius 1 is 1.11 bits per heavy atom. The molecular formula is C19H18N2O7. The molecule has 2 N–H and O–H groups in total. The number of fused-ring (bicyclic) bond motifs is 1. The first-order valence-corrected chi connectivity index (χ1v) is 8.45. The van der Waals surface area contributed by atoms with Gasteiger partial charge in [0.05, 0.1) is 12.8 Å². The number of hydrogen-bond acceptors (Lipinski definition) is 7. The van der Waals surface area contributed by atoms with Gasteiger partial charge in [0, 0.05) is 6.08 Å². The summed E-state index contributed by atoms with van der Waals surface area (Å²) in [6.07, 6.45) is 4.17.